The molecule has 0 saturated heterocycles. The standard InChI is InChI=1S/C20H22O5/c1-9(21)7-13-17(23)12-5-6-14-10(2)11(3)15(22)8-20(14,4)16(12)19(25)18(13)24/h5-6,9,21,23,25H,7-8H2,1-4H3. The third-order valence-corrected chi connectivity index (χ3v) is 5.50. The third kappa shape index (κ3) is 2.34. The van der Waals surface area contributed by atoms with Crippen LogP contribution in [0.15, 0.2) is 57.1 Å². The predicted molar refractivity (Wildman–Crippen MR) is 92.9 cm³/mol. The van der Waals surface area contributed by atoms with Crippen LogP contribution in [-0.2, 0) is 9.59 Å². The van der Waals surface area contributed by atoms with Crippen LogP contribution >= 0.6 is 0 Å². The van der Waals surface area contributed by atoms with Crippen LogP contribution in [0.1, 0.15) is 40.5 Å². The number of hydrogen-bond donors (Lipinski definition) is 3. The molecule has 0 aromatic rings. The van der Waals surface area contributed by atoms with E-state index in [0.29, 0.717) is 16.7 Å². The highest BCUT2D eigenvalue weighted by Gasteiger charge is 2.48. The summed E-state index contributed by atoms with van der Waals surface area (Å²) in [4.78, 5) is 25.0. The van der Waals surface area contributed by atoms with Gasteiger partial charge in [-0.1, -0.05) is 19.1 Å². The minimum Gasteiger partial charge on any atom is -0.507 e. The first-order chi connectivity index (χ1) is 11.6. The van der Waals surface area contributed by atoms with E-state index < -0.39 is 23.1 Å². The molecule has 0 fully saturated rings. The Hall–Kier alpha value is -2.40. The normalized spacial score (nSPS) is 27.9. The van der Waals surface area contributed by atoms with Gasteiger partial charge in [0.15, 0.2) is 11.5 Å². The topological polar surface area (TPSA) is 94.8 Å². The summed E-state index contributed by atoms with van der Waals surface area (Å²) in [5.41, 5.74) is 2.15. The van der Waals surface area contributed by atoms with Crippen LogP contribution in [0, 0.1) is 5.41 Å². The number of ketones is 2. The number of fused-ring (bicyclic) bond motifs is 3. The molecule has 0 saturated carbocycles. The first kappa shape index (κ1) is 17.4. The maximum atomic E-state index is 12.6. The van der Waals surface area contributed by atoms with E-state index in [9.17, 15) is 24.9 Å². The second-order valence-electron chi connectivity index (χ2n) is 7.28. The molecule has 3 aliphatic rings. The summed E-state index contributed by atoms with van der Waals surface area (Å²) in [5.74, 6) is -1.41. The number of rotatable bonds is 2. The summed E-state index contributed by atoms with van der Waals surface area (Å²) in [7, 11) is 0. The van der Waals surface area contributed by atoms with Crippen LogP contribution in [0.4, 0.5) is 0 Å². The summed E-state index contributed by atoms with van der Waals surface area (Å²) >= 11 is 0. The molecular weight excluding hydrogens is 320 g/mol. The molecule has 0 bridgehead atoms. The minimum atomic E-state index is -0.866. The molecule has 0 amide bonds. The molecule has 0 aliphatic heterocycles. The molecule has 5 heteroatoms. The molecule has 3 N–H and O–H groups in total. The average molecular weight is 342 g/mol. The van der Waals surface area contributed by atoms with Crippen LogP contribution in [-0.4, -0.2) is 33.0 Å². The van der Waals surface area contributed by atoms with Crippen molar-refractivity contribution < 1.29 is 24.9 Å². The van der Waals surface area contributed by atoms with Crippen LogP contribution in [0.3, 0.4) is 0 Å². The number of carbonyl (C=O) groups is 2. The maximum absolute atomic E-state index is 12.6. The van der Waals surface area contributed by atoms with Gasteiger partial charge in [0.2, 0.25) is 5.78 Å². The Kier molecular flexibility index (Phi) is 3.88. The smallest absolute Gasteiger partial charge is 0.227 e. The van der Waals surface area contributed by atoms with Crippen LogP contribution < -0.4 is 0 Å². The van der Waals surface area contributed by atoms with Crippen molar-refractivity contribution in [1.82, 2.24) is 0 Å². The number of aliphatic hydroxyl groups is 3. The Morgan fingerprint density at radius 2 is 1.76 bits per heavy atom. The van der Waals surface area contributed by atoms with Gasteiger partial charge >= 0.3 is 0 Å². The second kappa shape index (κ2) is 5.56. The van der Waals surface area contributed by atoms with Gasteiger partial charge in [-0.15, -0.1) is 0 Å². The number of allylic oxidation sites excluding steroid dienone is 7. The Morgan fingerprint density at radius 3 is 2.36 bits per heavy atom. The first-order valence-corrected chi connectivity index (χ1v) is 8.32. The van der Waals surface area contributed by atoms with Crippen LogP contribution in [0.2, 0.25) is 0 Å². The summed E-state index contributed by atoms with van der Waals surface area (Å²) in [6, 6.07) is 0. The molecule has 2 atom stereocenters. The zero-order valence-electron chi connectivity index (χ0n) is 14.8. The number of hydrogen-bond acceptors (Lipinski definition) is 5. The molecule has 5 nitrogen and oxygen atoms in total. The van der Waals surface area contributed by atoms with Crippen molar-refractivity contribution in [2.75, 3.05) is 0 Å². The molecule has 0 aromatic carbocycles. The lowest BCUT2D eigenvalue weighted by Crippen LogP contribution is -2.37. The molecule has 0 aromatic heterocycles. The largest absolute Gasteiger partial charge is 0.507 e. The molecule has 0 radical (unpaired) electrons. The van der Waals surface area contributed by atoms with Crippen molar-refractivity contribution in [1.29, 1.82) is 0 Å². The quantitative estimate of drug-likeness (QED) is 0.716. The molecule has 3 aliphatic carbocycles. The number of Topliss-reactive ketones (excluding diaryl/α,β-unsaturated/α-hetero) is 2. The van der Waals surface area contributed by atoms with Gasteiger partial charge in [0.1, 0.15) is 5.76 Å². The Balaban J connectivity index is 2.26. The SMILES string of the molecule is CC1=C(C)C2=CC=C3C(O)=C(CC(C)O)C(=O)C(O)=C3C2(C)CC1=O. The lowest BCUT2D eigenvalue weighted by molar-refractivity contribution is -0.118. The highest BCUT2D eigenvalue weighted by atomic mass is 16.3. The lowest BCUT2D eigenvalue weighted by atomic mass is 9.59. The van der Waals surface area contributed by atoms with Gasteiger partial charge in [-0.05, 0) is 37.5 Å². The Labute approximate surface area is 146 Å². The van der Waals surface area contributed by atoms with Gasteiger partial charge in [0.05, 0.1) is 6.10 Å². The second-order valence-corrected chi connectivity index (χ2v) is 7.28. The predicted octanol–water partition coefficient (Wildman–Crippen LogP) is 3.15. The minimum absolute atomic E-state index is 0.00599. The summed E-state index contributed by atoms with van der Waals surface area (Å²) in [6.45, 7) is 6.95. The molecule has 3 rings (SSSR count). The van der Waals surface area contributed by atoms with Crippen molar-refractivity contribution in [3.05, 3.63) is 57.1 Å². The van der Waals surface area contributed by atoms with Crippen molar-refractivity contribution in [3.63, 3.8) is 0 Å². The molecule has 0 heterocycles. The van der Waals surface area contributed by atoms with Gasteiger partial charge in [-0.25, -0.2) is 0 Å². The Bertz CT molecular complexity index is 861. The molecular formula is C20H22O5. The number of carbonyl (C=O) groups excluding carboxylic acids is 2. The van der Waals surface area contributed by atoms with E-state index in [4.69, 9.17) is 0 Å². The van der Waals surface area contributed by atoms with E-state index in [-0.39, 0.29) is 30.0 Å². The molecule has 25 heavy (non-hydrogen) atoms. The fraction of sp³-hybridized carbons (Fsp3) is 0.400. The van der Waals surface area contributed by atoms with E-state index in [2.05, 4.69) is 0 Å². The van der Waals surface area contributed by atoms with Crippen molar-refractivity contribution in [2.24, 2.45) is 5.41 Å². The van der Waals surface area contributed by atoms with E-state index >= 15 is 0 Å². The fourth-order valence-electron chi connectivity index (χ4n) is 4.05. The van der Waals surface area contributed by atoms with E-state index in [1.807, 2.05) is 19.9 Å². The monoisotopic (exact) mass is 342 g/mol. The Morgan fingerprint density at radius 1 is 1.12 bits per heavy atom. The zero-order valence-corrected chi connectivity index (χ0v) is 14.8. The fourth-order valence-corrected chi connectivity index (χ4v) is 4.05. The van der Waals surface area contributed by atoms with Crippen molar-refractivity contribution >= 4 is 11.6 Å². The molecule has 0 spiro atoms. The first-order valence-electron chi connectivity index (χ1n) is 8.32. The van der Waals surface area contributed by atoms with E-state index in [1.165, 1.54) is 6.92 Å². The molecule has 2 unspecified atom stereocenters. The molecule has 132 valence electrons. The van der Waals surface area contributed by atoms with E-state index in [1.54, 1.807) is 13.0 Å². The van der Waals surface area contributed by atoms with Crippen molar-refractivity contribution in [2.45, 2.75) is 46.6 Å². The summed E-state index contributed by atoms with van der Waals surface area (Å²) in [6.07, 6.45) is 2.75. The van der Waals surface area contributed by atoms with Gasteiger partial charge < -0.3 is 15.3 Å². The van der Waals surface area contributed by atoms with Gasteiger partial charge in [0, 0.05) is 35.0 Å². The highest BCUT2D eigenvalue weighted by Crippen LogP contribution is 2.54. The summed E-state index contributed by atoms with van der Waals surface area (Å²) < 4.78 is 0. The van der Waals surface area contributed by atoms with Gasteiger partial charge in [-0.2, -0.15) is 0 Å². The average Bonchev–Trinajstić information content (AvgIpc) is 2.53. The number of aliphatic hydroxyl groups excluding tert-OH is 3. The van der Waals surface area contributed by atoms with E-state index in [0.717, 1.165) is 11.1 Å². The van der Waals surface area contributed by atoms with Gasteiger partial charge in [-0.3, -0.25) is 9.59 Å². The lowest BCUT2D eigenvalue weighted by Gasteiger charge is -2.43. The van der Waals surface area contributed by atoms with Crippen molar-refractivity contribution in [3.8, 4) is 0 Å². The zero-order chi connectivity index (χ0) is 18.7. The van der Waals surface area contributed by atoms with Crippen LogP contribution in [0.25, 0.3) is 0 Å². The maximum Gasteiger partial charge on any atom is 0.227 e. The third-order valence-electron chi connectivity index (χ3n) is 5.50. The summed E-state index contributed by atoms with van der Waals surface area (Å²) in [5, 5.41) is 30.8. The highest BCUT2D eigenvalue weighted by molar-refractivity contribution is 6.11. The van der Waals surface area contributed by atoms with Crippen LogP contribution in [0.5, 0.6) is 0 Å². The van der Waals surface area contributed by atoms with Gasteiger partial charge in [0.25, 0.3) is 0 Å².